The van der Waals surface area contributed by atoms with Crippen LogP contribution in [0.15, 0.2) is 4.52 Å². The molecule has 0 spiro atoms. The van der Waals surface area contributed by atoms with Gasteiger partial charge in [0.25, 0.3) is 0 Å². The maximum Gasteiger partial charge on any atom is 0.323 e. The van der Waals surface area contributed by atoms with Gasteiger partial charge in [-0.2, -0.15) is 4.98 Å². The van der Waals surface area contributed by atoms with Crippen molar-refractivity contribution >= 4 is 5.91 Å². The molecule has 0 radical (unpaired) electrons. The van der Waals surface area contributed by atoms with E-state index >= 15 is 0 Å². The number of aryl methyl sites for hydroxylation is 1. The van der Waals surface area contributed by atoms with Crippen molar-refractivity contribution in [2.45, 2.75) is 13.3 Å². The summed E-state index contributed by atoms with van der Waals surface area (Å²) in [5, 5.41) is 3.50. The first-order chi connectivity index (χ1) is 5.27. The molecule has 0 saturated carbocycles. The molecule has 1 aromatic rings. The first kappa shape index (κ1) is 7.67. The molecule has 1 rings (SSSR count). The van der Waals surface area contributed by atoms with Crippen LogP contribution < -0.4 is 11.3 Å². The Balaban J connectivity index is 2.80. The number of amides is 1. The lowest BCUT2D eigenvalue weighted by atomic mass is 10.5. The van der Waals surface area contributed by atoms with Crippen LogP contribution in [0.1, 0.15) is 23.4 Å². The topological polar surface area (TPSA) is 94.0 Å². The lowest BCUT2D eigenvalue weighted by molar-refractivity contribution is 0.0910. The van der Waals surface area contributed by atoms with Gasteiger partial charge in [0.2, 0.25) is 0 Å². The number of nitrogen functional groups attached to an aromatic ring is 1. The van der Waals surface area contributed by atoms with E-state index in [0.717, 1.165) is 0 Å². The second kappa shape index (κ2) is 3.11. The molecule has 0 aliphatic rings. The zero-order chi connectivity index (χ0) is 8.27. The van der Waals surface area contributed by atoms with Gasteiger partial charge in [-0.05, 0) is 0 Å². The number of hydrazine groups is 1. The van der Waals surface area contributed by atoms with Crippen LogP contribution >= 0.6 is 0 Å². The van der Waals surface area contributed by atoms with Gasteiger partial charge in [0.15, 0.2) is 5.82 Å². The minimum Gasteiger partial charge on any atom is -0.328 e. The highest BCUT2D eigenvalue weighted by Gasteiger charge is 2.11. The van der Waals surface area contributed by atoms with Crippen LogP contribution in [0.5, 0.6) is 0 Å². The molecule has 0 aliphatic heterocycles. The third-order valence-electron chi connectivity index (χ3n) is 1.11. The van der Waals surface area contributed by atoms with Crippen LogP contribution in [-0.2, 0) is 6.42 Å². The van der Waals surface area contributed by atoms with Gasteiger partial charge in [0.1, 0.15) is 0 Å². The van der Waals surface area contributed by atoms with Crippen LogP contribution in [-0.4, -0.2) is 16.0 Å². The van der Waals surface area contributed by atoms with Crippen molar-refractivity contribution in [1.29, 1.82) is 0 Å². The van der Waals surface area contributed by atoms with Gasteiger partial charge in [-0.1, -0.05) is 12.1 Å². The number of carbonyl (C=O) groups is 1. The maximum absolute atomic E-state index is 10.7. The SMILES string of the molecule is CCc1noc(C(=O)NN)n1. The molecule has 3 N–H and O–H groups in total. The van der Waals surface area contributed by atoms with Crippen LogP contribution in [0.3, 0.4) is 0 Å². The van der Waals surface area contributed by atoms with Gasteiger partial charge in [-0.15, -0.1) is 0 Å². The summed E-state index contributed by atoms with van der Waals surface area (Å²) in [5.41, 5.74) is 1.88. The molecule has 0 fully saturated rings. The second-order valence-corrected chi connectivity index (χ2v) is 1.84. The van der Waals surface area contributed by atoms with Gasteiger partial charge in [0, 0.05) is 6.42 Å². The Morgan fingerprint density at radius 2 is 2.55 bits per heavy atom. The van der Waals surface area contributed by atoms with E-state index in [1.807, 2.05) is 12.3 Å². The van der Waals surface area contributed by atoms with E-state index < -0.39 is 5.91 Å². The summed E-state index contributed by atoms with van der Waals surface area (Å²) in [6.07, 6.45) is 0.626. The predicted octanol–water partition coefficient (Wildman–Crippen LogP) is -0.765. The summed E-state index contributed by atoms with van der Waals surface area (Å²) in [4.78, 5) is 14.4. The number of hydrogen-bond donors (Lipinski definition) is 2. The van der Waals surface area contributed by atoms with E-state index in [1.165, 1.54) is 0 Å². The highest BCUT2D eigenvalue weighted by atomic mass is 16.5. The summed E-state index contributed by atoms with van der Waals surface area (Å²) in [6, 6.07) is 0. The fourth-order valence-electron chi connectivity index (χ4n) is 0.552. The molecule has 0 aliphatic carbocycles. The molecule has 1 amide bonds. The van der Waals surface area contributed by atoms with Crippen LogP contribution in [0.25, 0.3) is 0 Å². The largest absolute Gasteiger partial charge is 0.328 e. The quantitative estimate of drug-likeness (QED) is 0.333. The van der Waals surface area contributed by atoms with E-state index in [0.29, 0.717) is 12.2 Å². The maximum atomic E-state index is 10.7. The van der Waals surface area contributed by atoms with E-state index in [-0.39, 0.29) is 5.89 Å². The fourth-order valence-corrected chi connectivity index (χ4v) is 0.552. The average molecular weight is 156 g/mol. The first-order valence-electron chi connectivity index (χ1n) is 3.11. The van der Waals surface area contributed by atoms with Gasteiger partial charge in [0.05, 0.1) is 0 Å². The van der Waals surface area contributed by atoms with E-state index in [4.69, 9.17) is 5.84 Å². The van der Waals surface area contributed by atoms with Gasteiger partial charge >= 0.3 is 11.8 Å². The Morgan fingerprint density at radius 1 is 1.82 bits per heavy atom. The third-order valence-corrected chi connectivity index (χ3v) is 1.11. The van der Waals surface area contributed by atoms with E-state index in [9.17, 15) is 4.79 Å². The molecule has 6 heteroatoms. The molecular formula is C5H8N4O2. The summed E-state index contributed by atoms with van der Waals surface area (Å²) in [6.45, 7) is 1.86. The molecule has 0 saturated heterocycles. The zero-order valence-electron chi connectivity index (χ0n) is 6.00. The Labute approximate surface area is 62.7 Å². The Hall–Kier alpha value is -1.43. The van der Waals surface area contributed by atoms with Crippen molar-refractivity contribution in [3.8, 4) is 0 Å². The molecule has 0 unspecified atom stereocenters. The summed E-state index contributed by atoms with van der Waals surface area (Å²) >= 11 is 0. The minimum atomic E-state index is -0.572. The predicted molar refractivity (Wildman–Crippen MR) is 35.3 cm³/mol. The van der Waals surface area contributed by atoms with Crippen LogP contribution in [0.4, 0.5) is 0 Å². The Morgan fingerprint density at radius 3 is 3.00 bits per heavy atom. The molecule has 0 aromatic carbocycles. The number of nitrogens with one attached hydrogen (secondary N) is 1. The van der Waals surface area contributed by atoms with Gasteiger partial charge in [-0.3, -0.25) is 10.2 Å². The molecule has 0 atom stereocenters. The van der Waals surface area contributed by atoms with Crippen molar-refractivity contribution in [2.24, 2.45) is 5.84 Å². The van der Waals surface area contributed by atoms with Gasteiger partial charge in [-0.25, -0.2) is 5.84 Å². The van der Waals surface area contributed by atoms with Crippen LogP contribution in [0, 0.1) is 0 Å². The highest BCUT2D eigenvalue weighted by molar-refractivity contribution is 5.88. The summed E-state index contributed by atoms with van der Waals surface area (Å²) < 4.78 is 4.56. The molecule has 0 bridgehead atoms. The van der Waals surface area contributed by atoms with Crippen molar-refractivity contribution in [2.75, 3.05) is 0 Å². The van der Waals surface area contributed by atoms with Crippen molar-refractivity contribution in [1.82, 2.24) is 15.6 Å². The fraction of sp³-hybridized carbons (Fsp3) is 0.400. The third kappa shape index (κ3) is 1.53. The normalized spacial score (nSPS) is 9.64. The molecule has 1 heterocycles. The smallest absolute Gasteiger partial charge is 0.323 e. The summed E-state index contributed by atoms with van der Waals surface area (Å²) in [7, 11) is 0. The minimum absolute atomic E-state index is 0.107. The summed E-state index contributed by atoms with van der Waals surface area (Å²) in [5.74, 6) is 4.64. The second-order valence-electron chi connectivity index (χ2n) is 1.84. The van der Waals surface area contributed by atoms with Crippen LogP contribution in [0.2, 0.25) is 0 Å². The molecular weight excluding hydrogens is 148 g/mol. The Bertz CT molecular complexity index is 257. The number of rotatable bonds is 2. The average Bonchev–Trinajstić information content (AvgIpc) is 2.50. The number of carbonyl (C=O) groups excluding carboxylic acids is 1. The Kier molecular flexibility index (Phi) is 2.17. The lowest BCUT2D eigenvalue weighted by Gasteiger charge is -1.87. The first-order valence-corrected chi connectivity index (χ1v) is 3.11. The van der Waals surface area contributed by atoms with E-state index in [1.54, 1.807) is 0 Å². The molecule has 6 nitrogen and oxygen atoms in total. The number of nitrogens with zero attached hydrogens (tertiary/aromatic N) is 2. The van der Waals surface area contributed by atoms with E-state index in [2.05, 4.69) is 14.7 Å². The number of aromatic nitrogens is 2. The molecule has 11 heavy (non-hydrogen) atoms. The molecule has 1 aromatic heterocycles. The van der Waals surface area contributed by atoms with Crippen molar-refractivity contribution < 1.29 is 9.32 Å². The number of nitrogens with two attached hydrogens (primary N) is 1. The highest BCUT2D eigenvalue weighted by Crippen LogP contribution is 1.96. The van der Waals surface area contributed by atoms with Gasteiger partial charge < -0.3 is 4.52 Å². The number of hydrogen-bond acceptors (Lipinski definition) is 5. The standard InChI is InChI=1S/C5H8N4O2/c1-2-3-7-5(11-9-3)4(10)8-6/h2,6H2,1H3,(H,8,10). The monoisotopic (exact) mass is 156 g/mol. The van der Waals surface area contributed by atoms with Crippen molar-refractivity contribution in [3.05, 3.63) is 11.7 Å². The van der Waals surface area contributed by atoms with Crippen molar-refractivity contribution in [3.63, 3.8) is 0 Å². The zero-order valence-corrected chi connectivity index (χ0v) is 6.00. The lowest BCUT2D eigenvalue weighted by Crippen LogP contribution is -2.30. The molecule has 60 valence electrons.